The number of para-hydroxylation sites is 1. The molecule has 2 aliphatic rings. The lowest BCUT2D eigenvalue weighted by Gasteiger charge is -2.48. The molecular weight excluding hydrogens is 270 g/mol. The molecule has 0 bridgehead atoms. The maximum atomic E-state index is 12.7. The maximum Gasteiger partial charge on any atom is 0.320 e. The van der Waals surface area contributed by atoms with Gasteiger partial charge in [0.15, 0.2) is 0 Å². The zero-order valence-corrected chi connectivity index (χ0v) is 11.9. The van der Waals surface area contributed by atoms with Crippen LogP contribution >= 0.6 is 0 Å². The highest BCUT2D eigenvalue weighted by molar-refractivity contribution is 6.06. The van der Waals surface area contributed by atoms with Crippen molar-refractivity contribution >= 4 is 17.6 Å². The zero-order chi connectivity index (χ0) is 15.2. The number of amides is 1. The third-order valence-corrected chi connectivity index (χ3v) is 4.57. The predicted molar refractivity (Wildman–Crippen MR) is 76.8 cm³/mol. The Morgan fingerprint density at radius 3 is 2.86 bits per heavy atom. The Labute approximate surface area is 122 Å². The molecule has 1 aliphatic heterocycles. The van der Waals surface area contributed by atoms with E-state index < -0.39 is 23.4 Å². The number of fused-ring (bicyclic) bond motifs is 3. The number of nitrogens with zero attached hydrogens (tertiary/aromatic N) is 1. The minimum Gasteiger partial charge on any atom is -0.468 e. The van der Waals surface area contributed by atoms with E-state index >= 15 is 0 Å². The molecule has 0 radical (unpaired) electrons. The van der Waals surface area contributed by atoms with Gasteiger partial charge in [-0.1, -0.05) is 30.4 Å². The van der Waals surface area contributed by atoms with Crippen LogP contribution < -0.4 is 4.90 Å². The molecule has 0 fully saturated rings. The average molecular weight is 287 g/mol. The standard InChI is InChI=1S/C16H17NO4/c1-17-12-8-4-3-6-10(12)16(15(20)21-2)11(14(17)19)7-5-9-13(16)18/h3-6,8-9,11,13,18H,7H2,1-2H3/t11-,13-,16-/m1/s1. The topological polar surface area (TPSA) is 66.8 Å². The summed E-state index contributed by atoms with van der Waals surface area (Å²) >= 11 is 0. The summed E-state index contributed by atoms with van der Waals surface area (Å²) in [5.41, 5.74) is -0.0803. The van der Waals surface area contributed by atoms with Crippen molar-refractivity contribution in [1.29, 1.82) is 0 Å². The van der Waals surface area contributed by atoms with Crippen LogP contribution in [0.15, 0.2) is 36.4 Å². The molecule has 1 aliphatic carbocycles. The number of carbonyl (C=O) groups is 2. The molecule has 1 heterocycles. The van der Waals surface area contributed by atoms with E-state index in [1.807, 2.05) is 0 Å². The van der Waals surface area contributed by atoms with E-state index in [-0.39, 0.29) is 5.91 Å². The van der Waals surface area contributed by atoms with Crippen LogP contribution in [0.1, 0.15) is 12.0 Å². The molecule has 3 atom stereocenters. The van der Waals surface area contributed by atoms with Crippen LogP contribution in [0.4, 0.5) is 5.69 Å². The molecule has 0 unspecified atom stereocenters. The van der Waals surface area contributed by atoms with Crippen LogP contribution in [-0.2, 0) is 19.7 Å². The minimum atomic E-state index is -1.36. The van der Waals surface area contributed by atoms with Crippen molar-refractivity contribution in [3.05, 3.63) is 42.0 Å². The molecule has 110 valence electrons. The summed E-state index contributed by atoms with van der Waals surface area (Å²) < 4.78 is 4.96. The Morgan fingerprint density at radius 1 is 1.43 bits per heavy atom. The Morgan fingerprint density at radius 2 is 2.14 bits per heavy atom. The van der Waals surface area contributed by atoms with Crippen LogP contribution in [0.3, 0.4) is 0 Å². The van der Waals surface area contributed by atoms with Crippen molar-refractivity contribution in [2.75, 3.05) is 19.1 Å². The molecule has 0 saturated heterocycles. The van der Waals surface area contributed by atoms with Gasteiger partial charge >= 0.3 is 5.97 Å². The highest BCUT2D eigenvalue weighted by Crippen LogP contribution is 2.50. The van der Waals surface area contributed by atoms with Crippen molar-refractivity contribution in [1.82, 2.24) is 0 Å². The number of anilines is 1. The van der Waals surface area contributed by atoms with Gasteiger partial charge in [-0.3, -0.25) is 9.59 Å². The number of allylic oxidation sites excluding steroid dienone is 1. The van der Waals surface area contributed by atoms with E-state index in [9.17, 15) is 14.7 Å². The first-order valence-electron chi connectivity index (χ1n) is 6.85. The molecule has 5 heteroatoms. The lowest BCUT2D eigenvalue weighted by molar-refractivity contribution is -0.158. The molecule has 1 N–H and O–H groups in total. The summed E-state index contributed by atoms with van der Waals surface area (Å²) in [6.45, 7) is 0. The van der Waals surface area contributed by atoms with Crippen LogP contribution in [0.5, 0.6) is 0 Å². The fourth-order valence-corrected chi connectivity index (χ4v) is 3.54. The van der Waals surface area contributed by atoms with Crippen molar-refractivity contribution < 1.29 is 19.4 Å². The van der Waals surface area contributed by atoms with Crippen LogP contribution in [0.25, 0.3) is 0 Å². The van der Waals surface area contributed by atoms with E-state index in [2.05, 4.69) is 0 Å². The summed E-state index contributed by atoms with van der Waals surface area (Å²) in [5, 5.41) is 10.5. The fraction of sp³-hybridized carbons (Fsp3) is 0.375. The molecule has 0 aromatic heterocycles. The molecule has 5 nitrogen and oxygen atoms in total. The zero-order valence-electron chi connectivity index (χ0n) is 11.9. The van der Waals surface area contributed by atoms with E-state index in [1.165, 1.54) is 7.11 Å². The molecule has 0 spiro atoms. The molecule has 1 aromatic rings. The first-order chi connectivity index (χ1) is 10.0. The number of ether oxygens (including phenoxy) is 1. The van der Waals surface area contributed by atoms with Crippen molar-refractivity contribution in [2.24, 2.45) is 5.92 Å². The molecule has 1 amide bonds. The summed E-state index contributed by atoms with van der Waals surface area (Å²) in [7, 11) is 2.97. The number of aliphatic hydroxyl groups excluding tert-OH is 1. The Bertz CT molecular complexity index is 639. The molecule has 1 aromatic carbocycles. The normalized spacial score (nSPS) is 30.6. The lowest BCUT2D eigenvalue weighted by atomic mass is 9.60. The number of carbonyl (C=O) groups excluding carboxylic acids is 2. The Balaban J connectivity index is 2.35. The number of esters is 1. The average Bonchev–Trinajstić information content (AvgIpc) is 2.52. The molecular formula is C16H17NO4. The summed E-state index contributed by atoms with van der Waals surface area (Å²) in [6, 6.07) is 7.16. The first kappa shape index (κ1) is 13.8. The Hall–Kier alpha value is -2.14. The highest BCUT2D eigenvalue weighted by atomic mass is 16.5. The number of benzene rings is 1. The summed E-state index contributed by atoms with van der Waals surface area (Å²) in [6.07, 6.45) is 2.64. The molecule has 21 heavy (non-hydrogen) atoms. The second kappa shape index (κ2) is 4.70. The number of methoxy groups -OCH3 is 1. The van der Waals surface area contributed by atoms with Crippen LogP contribution in [0, 0.1) is 5.92 Å². The van der Waals surface area contributed by atoms with Gasteiger partial charge < -0.3 is 14.7 Å². The lowest BCUT2D eigenvalue weighted by Crippen LogP contribution is -2.61. The van der Waals surface area contributed by atoms with Gasteiger partial charge in [0, 0.05) is 12.7 Å². The van der Waals surface area contributed by atoms with Gasteiger partial charge in [0.05, 0.1) is 19.1 Å². The monoisotopic (exact) mass is 287 g/mol. The number of rotatable bonds is 1. The fourth-order valence-electron chi connectivity index (χ4n) is 3.54. The third-order valence-electron chi connectivity index (χ3n) is 4.57. The SMILES string of the molecule is COC(=O)[C@]12c3ccccc3N(C)C(=O)[C@H]1CC=C[C@H]2O. The summed E-state index contributed by atoms with van der Waals surface area (Å²) in [4.78, 5) is 26.8. The number of aliphatic hydroxyl groups is 1. The smallest absolute Gasteiger partial charge is 0.320 e. The van der Waals surface area contributed by atoms with Gasteiger partial charge in [0.2, 0.25) is 5.91 Å². The second-order valence-corrected chi connectivity index (χ2v) is 5.44. The maximum absolute atomic E-state index is 12.7. The van der Waals surface area contributed by atoms with Gasteiger partial charge in [0.1, 0.15) is 5.41 Å². The van der Waals surface area contributed by atoms with Crippen LogP contribution in [-0.4, -0.2) is 37.2 Å². The van der Waals surface area contributed by atoms with Crippen LogP contribution in [0.2, 0.25) is 0 Å². The second-order valence-electron chi connectivity index (χ2n) is 5.44. The van der Waals surface area contributed by atoms with Gasteiger partial charge in [-0.15, -0.1) is 0 Å². The molecule has 3 rings (SSSR count). The van der Waals surface area contributed by atoms with E-state index in [0.717, 1.165) is 0 Å². The van der Waals surface area contributed by atoms with E-state index in [1.54, 1.807) is 48.4 Å². The Kier molecular flexibility index (Phi) is 3.10. The first-order valence-corrected chi connectivity index (χ1v) is 6.85. The van der Waals surface area contributed by atoms with Gasteiger partial charge in [-0.05, 0) is 18.1 Å². The number of hydrogen-bond donors (Lipinski definition) is 1. The molecule has 0 saturated carbocycles. The highest BCUT2D eigenvalue weighted by Gasteiger charge is 2.60. The quantitative estimate of drug-likeness (QED) is 0.618. The van der Waals surface area contributed by atoms with Crippen molar-refractivity contribution in [3.8, 4) is 0 Å². The largest absolute Gasteiger partial charge is 0.468 e. The number of hydrogen-bond acceptors (Lipinski definition) is 4. The van der Waals surface area contributed by atoms with Gasteiger partial charge in [-0.25, -0.2) is 0 Å². The van der Waals surface area contributed by atoms with E-state index in [0.29, 0.717) is 17.7 Å². The third kappa shape index (κ3) is 1.61. The van der Waals surface area contributed by atoms with Gasteiger partial charge in [0.25, 0.3) is 0 Å². The van der Waals surface area contributed by atoms with Gasteiger partial charge in [-0.2, -0.15) is 0 Å². The van der Waals surface area contributed by atoms with E-state index in [4.69, 9.17) is 4.74 Å². The summed E-state index contributed by atoms with van der Waals surface area (Å²) in [5.74, 6) is -1.40. The van der Waals surface area contributed by atoms with Crippen molar-refractivity contribution in [2.45, 2.75) is 17.9 Å². The van der Waals surface area contributed by atoms with Crippen molar-refractivity contribution in [3.63, 3.8) is 0 Å². The minimum absolute atomic E-state index is 0.178. The predicted octanol–water partition coefficient (Wildman–Crippen LogP) is 1.01.